The molecule has 1 aliphatic rings. The van der Waals surface area contributed by atoms with Gasteiger partial charge in [0, 0.05) is 35.7 Å². The van der Waals surface area contributed by atoms with Crippen molar-refractivity contribution in [2.45, 2.75) is 51.7 Å². The lowest BCUT2D eigenvalue weighted by molar-refractivity contribution is 0.0406. The van der Waals surface area contributed by atoms with Crippen molar-refractivity contribution in [2.24, 2.45) is 0 Å². The van der Waals surface area contributed by atoms with Gasteiger partial charge in [0.2, 0.25) is 0 Å². The molecule has 0 amide bonds. The fraction of sp³-hybridized carbons (Fsp3) is 0.647. The van der Waals surface area contributed by atoms with Crippen LogP contribution in [0.3, 0.4) is 0 Å². The third-order valence-corrected chi connectivity index (χ3v) is 5.62. The van der Waals surface area contributed by atoms with Crippen LogP contribution in [0, 0.1) is 0 Å². The lowest BCUT2D eigenvalue weighted by Gasteiger charge is -2.48. The lowest BCUT2D eigenvalue weighted by Crippen LogP contribution is -2.62. The maximum Gasteiger partial charge on any atom is 0.119 e. The van der Waals surface area contributed by atoms with Crippen molar-refractivity contribution < 1.29 is 4.74 Å². The normalized spacial score (nSPS) is 26.8. The number of methoxy groups -OCH3 is 1. The Morgan fingerprint density at radius 1 is 1.43 bits per heavy atom. The van der Waals surface area contributed by atoms with Gasteiger partial charge < -0.3 is 10.1 Å². The van der Waals surface area contributed by atoms with Crippen LogP contribution in [0.15, 0.2) is 22.7 Å². The minimum Gasteiger partial charge on any atom is -0.497 e. The summed E-state index contributed by atoms with van der Waals surface area (Å²) in [6.07, 6.45) is 2.33. The van der Waals surface area contributed by atoms with Crippen LogP contribution in [-0.4, -0.2) is 36.7 Å². The molecule has 2 rings (SSSR count). The van der Waals surface area contributed by atoms with Crippen molar-refractivity contribution in [3.05, 3.63) is 28.2 Å². The van der Waals surface area contributed by atoms with Gasteiger partial charge in [-0.3, -0.25) is 4.90 Å². The van der Waals surface area contributed by atoms with E-state index in [0.717, 1.165) is 36.3 Å². The summed E-state index contributed by atoms with van der Waals surface area (Å²) < 4.78 is 6.53. The summed E-state index contributed by atoms with van der Waals surface area (Å²) in [5.74, 6) is 0.925. The molecular formula is C17H27BrN2O. The van der Waals surface area contributed by atoms with E-state index in [1.165, 1.54) is 12.0 Å². The quantitative estimate of drug-likeness (QED) is 0.869. The van der Waals surface area contributed by atoms with Gasteiger partial charge in [0.15, 0.2) is 0 Å². The molecule has 0 radical (unpaired) electrons. The molecule has 0 aromatic heterocycles. The highest BCUT2D eigenvalue weighted by atomic mass is 79.9. The average molecular weight is 355 g/mol. The minimum atomic E-state index is 0.216. The molecule has 2 atom stereocenters. The molecule has 0 saturated carbocycles. The standard InChI is InChI=1S/C17H27BrN2O/c1-5-14-11-20(17(3,6-2)12-19-14)10-13-9-15(21-4)7-8-16(13)18/h7-9,14,19H,5-6,10-12H2,1-4H3. The molecule has 1 fully saturated rings. The Morgan fingerprint density at radius 3 is 2.81 bits per heavy atom. The molecular weight excluding hydrogens is 328 g/mol. The smallest absolute Gasteiger partial charge is 0.119 e. The topological polar surface area (TPSA) is 24.5 Å². The van der Waals surface area contributed by atoms with Gasteiger partial charge in [0.1, 0.15) is 5.75 Å². The second-order valence-corrected chi connectivity index (χ2v) is 7.03. The SMILES string of the molecule is CCC1CN(Cc2cc(OC)ccc2Br)C(C)(CC)CN1. The van der Waals surface area contributed by atoms with Gasteiger partial charge in [-0.05, 0) is 43.5 Å². The van der Waals surface area contributed by atoms with Crippen molar-refractivity contribution in [1.29, 1.82) is 0 Å². The Hall–Kier alpha value is -0.580. The predicted molar refractivity (Wildman–Crippen MR) is 91.9 cm³/mol. The van der Waals surface area contributed by atoms with E-state index in [9.17, 15) is 0 Å². The van der Waals surface area contributed by atoms with E-state index in [4.69, 9.17) is 4.74 Å². The molecule has 3 nitrogen and oxygen atoms in total. The highest BCUT2D eigenvalue weighted by Crippen LogP contribution is 2.29. The Bertz CT molecular complexity index is 480. The van der Waals surface area contributed by atoms with Crippen molar-refractivity contribution >= 4 is 15.9 Å². The van der Waals surface area contributed by atoms with Gasteiger partial charge in [-0.1, -0.05) is 29.8 Å². The van der Waals surface area contributed by atoms with Crippen LogP contribution in [0.1, 0.15) is 39.2 Å². The molecule has 1 saturated heterocycles. The van der Waals surface area contributed by atoms with Gasteiger partial charge >= 0.3 is 0 Å². The number of rotatable bonds is 5. The molecule has 1 N–H and O–H groups in total. The summed E-state index contributed by atoms with van der Waals surface area (Å²) >= 11 is 3.68. The fourth-order valence-corrected chi connectivity index (χ4v) is 3.28. The summed E-state index contributed by atoms with van der Waals surface area (Å²) in [6.45, 7) is 10.0. The molecule has 1 heterocycles. The predicted octanol–water partition coefficient (Wildman–Crippen LogP) is 3.81. The first-order valence-electron chi connectivity index (χ1n) is 7.83. The Balaban J connectivity index is 2.21. The maximum atomic E-state index is 5.37. The monoisotopic (exact) mass is 354 g/mol. The van der Waals surface area contributed by atoms with Gasteiger partial charge in [-0.2, -0.15) is 0 Å². The van der Waals surface area contributed by atoms with Crippen LogP contribution in [0.4, 0.5) is 0 Å². The van der Waals surface area contributed by atoms with Gasteiger partial charge in [-0.25, -0.2) is 0 Å². The van der Waals surface area contributed by atoms with Crippen LogP contribution >= 0.6 is 15.9 Å². The largest absolute Gasteiger partial charge is 0.497 e. The zero-order valence-electron chi connectivity index (χ0n) is 13.6. The summed E-state index contributed by atoms with van der Waals surface area (Å²) in [5.41, 5.74) is 1.51. The van der Waals surface area contributed by atoms with Crippen LogP contribution in [0.2, 0.25) is 0 Å². The molecule has 21 heavy (non-hydrogen) atoms. The Kier molecular flexibility index (Phi) is 5.69. The first kappa shape index (κ1) is 16.8. The third kappa shape index (κ3) is 3.79. The number of nitrogens with one attached hydrogen (secondary N) is 1. The second kappa shape index (κ2) is 7.12. The molecule has 0 aliphatic carbocycles. The summed E-state index contributed by atoms with van der Waals surface area (Å²) in [6, 6.07) is 6.81. The number of ether oxygens (including phenoxy) is 1. The van der Waals surface area contributed by atoms with Crippen molar-refractivity contribution in [3.63, 3.8) is 0 Å². The first-order chi connectivity index (χ1) is 10.0. The summed E-state index contributed by atoms with van der Waals surface area (Å²) in [7, 11) is 1.72. The summed E-state index contributed by atoms with van der Waals surface area (Å²) in [5, 5.41) is 3.69. The van der Waals surface area contributed by atoms with E-state index >= 15 is 0 Å². The van der Waals surface area contributed by atoms with Crippen molar-refractivity contribution in [1.82, 2.24) is 10.2 Å². The van der Waals surface area contributed by atoms with E-state index in [2.05, 4.69) is 59.1 Å². The van der Waals surface area contributed by atoms with E-state index < -0.39 is 0 Å². The van der Waals surface area contributed by atoms with E-state index in [1.54, 1.807) is 7.11 Å². The molecule has 1 aliphatic heterocycles. The average Bonchev–Trinajstić information content (AvgIpc) is 2.51. The molecule has 1 aromatic carbocycles. The van der Waals surface area contributed by atoms with Crippen LogP contribution < -0.4 is 10.1 Å². The molecule has 2 unspecified atom stereocenters. The third-order valence-electron chi connectivity index (χ3n) is 4.84. The van der Waals surface area contributed by atoms with Crippen LogP contribution in [0.5, 0.6) is 5.75 Å². The highest BCUT2D eigenvalue weighted by molar-refractivity contribution is 9.10. The van der Waals surface area contributed by atoms with E-state index in [-0.39, 0.29) is 5.54 Å². The molecule has 1 aromatic rings. The number of benzene rings is 1. The van der Waals surface area contributed by atoms with Crippen LogP contribution in [0.25, 0.3) is 0 Å². The minimum absolute atomic E-state index is 0.216. The van der Waals surface area contributed by atoms with Gasteiger partial charge in [0.25, 0.3) is 0 Å². The molecule has 0 spiro atoms. The number of hydrogen-bond donors (Lipinski definition) is 1. The van der Waals surface area contributed by atoms with E-state index in [0.29, 0.717) is 6.04 Å². The van der Waals surface area contributed by atoms with Crippen molar-refractivity contribution in [3.8, 4) is 5.75 Å². The molecule has 118 valence electrons. The highest BCUT2D eigenvalue weighted by Gasteiger charge is 2.35. The molecule has 0 bridgehead atoms. The van der Waals surface area contributed by atoms with Crippen LogP contribution in [-0.2, 0) is 6.54 Å². The zero-order chi connectivity index (χ0) is 15.5. The Labute approximate surface area is 137 Å². The van der Waals surface area contributed by atoms with Gasteiger partial charge in [-0.15, -0.1) is 0 Å². The van der Waals surface area contributed by atoms with E-state index in [1.807, 2.05) is 6.07 Å². The maximum absolute atomic E-state index is 5.37. The number of hydrogen-bond acceptors (Lipinski definition) is 3. The number of nitrogens with zero attached hydrogens (tertiary/aromatic N) is 1. The second-order valence-electron chi connectivity index (χ2n) is 6.17. The molecule has 4 heteroatoms. The van der Waals surface area contributed by atoms with Gasteiger partial charge in [0.05, 0.1) is 7.11 Å². The van der Waals surface area contributed by atoms with Crippen molar-refractivity contribution in [2.75, 3.05) is 20.2 Å². The Morgan fingerprint density at radius 2 is 2.19 bits per heavy atom. The lowest BCUT2D eigenvalue weighted by atomic mass is 9.91. The number of halogens is 1. The summed E-state index contributed by atoms with van der Waals surface area (Å²) in [4.78, 5) is 2.62. The zero-order valence-corrected chi connectivity index (χ0v) is 15.2. The fourth-order valence-electron chi connectivity index (χ4n) is 2.91. The first-order valence-corrected chi connectivity index (χ1v) is 8.62. The number of piperazine rings is 1.